The van der Waals surface area contributed by atoms with E-state index in [1.54, 1.807) is 0 Å². The highest BCUT2D eigenvalue weighted by Gasteiger charge is 2.07. The molecule has 0 rings (SSSR count). The molecule has 0 heterocycles. The fourth-order valence-corrected chi connectivity index (χ4v) is 1.04. The van der Waals surface area contributed by atoms with Crippen LogP contribution in [0.4, 0.5) is 0 Å². The minimum Gasteiger partial charge on any atom is -0.478 e. The lowest BCUT2D eigenvalue weighted by Gasteiger charge is -2.11. The third-order valence-corrected chi connectivity index (χ3v) is 1.90. The molecule has 0 saturated heterocycles. The number of nitrogens with one attached hydrogen (secondary N) is 1. The van der Waals surface area contributed by atoms with E-state index < -0.39 is 5.97 Å². The molecule has 0 aromatic carbocycles. The first kappa shape index (κ1) is 12.7. The van der Waals surface area contributed by atoms with Crippen LogP contribution in [0, 0.1) is 5.92 Å². The molecular weight excluding hydrogens is 182 g/mol. The van der Waals surface area contributed by atoms with Crippen LogP contribution in [-0.2, 0) is 9.59 Å². The molecule has 0 aliphatic rings. The molecule has 0 aromatic rings. The van der Waals surface area contributed by atoms with Crippen LogP contribution in [0.3, 0.4) is 0 Å². The number of aliphatic carboxylic acids is 1. The van der Waals surface area contributed by atoms with Crippen LogP contribution in [0.25, 0.3) is 0 Å². The molecule has 0 aliphatic carbocycles. The zero-order valence-corrected chi connectivity index (χ0v) is 8.83. The summed E-state index contributed by atoms with van der Waals surface area (Å²) < 4.78 is 0. The third kappa shape index (κ3) is 6.22. The minimum atomic E-state index is -1.03. The van der Waals surface area contributed by atoms with Crippen LogP contribution in [0.1, 0.15) is 33.6 Å². The second-order valence-corrected chi connectivity index (χ2v) is 3.41. The van der Waals surface area contributed by atoms with Crippen molar-refractivity contribution in [2.45, 2.75) is 33.6 Å². The molecule has 4 heteroatoms. The zero-order chi connectivity index (χ0) is 11.1. The van der Waals surface area contributed by atoms with Crippen LogP contribution in [0.5, 0.6) is 0 Å². The molecule has 14 heavy (non-hydrogen) atoms. The summed E-state index contributed by atoms with van der Waals surface area (Å²) in [4.78, 5) is 21.2. The van der Waals surface area contributed by atoms with Gasteiger partial charge in [-0.25, -0.2) is 4.79 Å². The SMILES string of the molecule is CCC(C)CC(=CC(=O)O)NC(C)=O. The lowest BCUT2D eigenvalue weighted by Crippen LogP contribution is -2.21. The Kier molecular flexibility index (Phi) is 5.60. The van der Waals surface area contributed by atoms with Crippen molar-refractivity contribution in [3.05, 3.63) is 11.8 Å². The van der Waals surface area contributed by atoms with Crippen LogP contribution in [0.2, 0.25) is 0 Å². The van der Waals surface area contributed by atoms with Crippen LogP contribution < -0.4 is 5.32 Å². The van der Waals surface area contributed by atoms with Gasteiger partial charge >= 0.3 is 5.97 Å². The average Bonchev–Trinajstić information content (AvgIpc) is 2.01. The van der Waals surface area contributed by atoms with Gasteiger partial charge in [-0.05, 0) is 12.3 Å². The van der Waals surface area contributed by atoms with Crippen molar-refractivity contribution >= 4 is 11.9 Å². The van der Waals surface area contributed by atoms with E-state index in [1.807, 2.05) is 13.8 Å². The van der Waals surface area contributed by atoms with Gasteiger partial charge in [0.25, 0.3) is 0 Å². The number of carboxylic acids is 1. The van der Waals surface area contributed by atoms with E-state index >= 15 is 0 Å². The minimum absolute atomic E-state index is 0.235. The molecule has 2 N–H and O–H groups in total. The van der Waals surface area contributed by atoms with E-state index in [1.165, 1.54) is 6.92 Å². The first-order chi connectivity index (χ1) is 6.45. The molecule has 4 nitrogen and oxygen atoms in total. The summed E-state index contributed by atoms with van der Waals surface area (Å²) in [6.45, 7) is 5.40. The number of rotatable bonds is 5. The van der Waals surface area contributed by atoms with Crippen molar-refractivity contribution in [1.29, 1.82) is 0 Å². The first-order valence-electron chi connectivity index (χ1n) is 4.66. The Hall–Kier alpha value is -1.32. The first-order valence-corrected chi connectivity index (χ1v) is 4.66. The number of carbonyl (C=O) groups is 2. The molecule has 0 saturated carbocycles. The van der Waals surface area contributed by atoms with Gasteiger partial charge in [0.2, 0.25) is 5.91 Å². The van der Waals surface area contributed by atoms with Gasteiger partial charge in [0.1, 0.15) is 0 Å². The van der Waals surface area contributed by atoms with Gasteiger partial charge in [0.05, 0.1) is 0 Å². The maximum absolute atomic E-state index is 10.8. The summed E-state index contributed by atoms with van der Waals surface area (Å²) in [6, 6.07) is 0. The van der Waals surface area contributed by atoms with Crippen molar-refractivity contribution in [3.8, 4) is 0 Å². The Labute approximate surface area is 84.0 Å². The molecule has 0 fully saturated rings. The highest BCUT2D eigenvalue weighted by molar-refractivity contribution is 5.82. The van der Waals surface area contributed by atoms with Crippen LogP contribution in [-0.4, -0.2) is 17.0 Å². The van der Waals surface area contributed by atoms with Crippen molar-refractivity contribution in [2.75, 3.05) is 0 Å². The van der Waals surface area contributed by atoms with Crippen LogP contribution >= 0.6 is 0 Å². The second-order valence-electron chi connectivity index (χ2n) is 3.41. The van der Waals surface area contributed by atoms with Crippen molar-refractivity contribution in [2.24, 2.45) is 5.92 Å². The maximum atomic E-state index is 10.8. The molecule has 1 unspecified atom stereocenters. The van der Waals surface area contributed by atoms with Crippen molar-refractivity contribution < 1.29 is 14.7 Å². The van der Waals surface area contributed by atoms with E-state index in [0.717, 1.165) is 12.5 Å². The Morgan fingerprint density at radius 1 is 1.50 bits per heavy atom. The summed E-state index contributed by atoms with van der Waals surface area (Å²) in [7, 11) is 0. The molecule has 80 valence electrons. The van der Waals surface area contributed by atoms with E-state index in [0.29, 0.717) is 18.0 Å². The molecule has 0 radical (unpaired) electrons. The van der Waals surface area contributed by atoms with E-state index in [9.17, 15) is 9.59 Å². The Bertz CT molecular complexity index is 246. The van der Waals surface area contributed by atoms with Crippen molar-refractivity contribution in [3.63, 3.8) is 0 Å². The molecule has 0 bridgehead atoms. The Morgan fingerprint density at radius 3 is 2.43 bits per heavy atom. The number of allylic oxidation sites excluding steroid dienone is 1. The van der Waals surface area contributed by atoms with Gasteiger partial charge < -0.3 is 10.4 Å². The predicted molar refractivity (Wildman–Crippen MR) is 53.6 cm³/mol. The normalized spacial score (nSPS) is 13.5. The lowest BCUT2D eigenvalue weighted by atomic mass is 10.0. The van der Waals surface area contributed by atoms with E-state index in [4.69, 9.17) is 5.11 Å². The molecule has 0 aromatic heterocycles. The molecule has 1 amide bonds. The number of amides is 1. The number of carbonyl (C=O) groups excluding carboxylic acids is 1. The van der Waals surface area contributed by atoms with E-state index in [-0.39, 0.29) is 5.91 Å². The zero-order valence-electron chi connectivity index (χ0n) is 8.83. The van der Waals surface area contributed by atoms with Crippen molar-refractivity contribution in [1.82, 2.24) is 5.32 Å². The van der Waals surface area contributed by atoms with Crippen LogP contribution in [0.15, 0.2) is 11.8 Å². The molecule has 0 spiro atoms. The quantitative estimate of drug-likeness (QED) is 0.660. The van der Waals surface area contributed by atoms with Gasteiger partial charge in [0.15, 0.2) is 0 Å². The summed E-state index contributed by atoms with van der Waals surface area (Å²) in [5.41, 5.74) is 0.472. The third-order valence-electron chi connectivity index (χ3n) is 1.90. The maximum Gasteiger partial charge on any atom is 0.330 e. The largest absolute Gasteiger partial charge is 0.478 e. The highest BCUT2D eigenvalue weighted by Crippen LogP contribution is 2.12. The molecular formula is C10H17NO3. The number of hydrogen-bond acceptors (Lipinski definition) is 2. The van der Waals surface area contributed by atoms with Gasteiger partial charge in [0, 0.05) is 18.7 Å². The standard InChI is InChI=1S/C10H17NO3/c1-4-7(2)5-9(6-10(13)14)11-8(3)12/h6-7H,4-5H2,1-3H3,(H,11,12)(H,13,14). The Balaban J connectivity index is 4.40. The smallest absolute Gasteiger partial charge is 0.330 e. The number of carboxylic acid groups (broad SMARTS) is 1. The van der Waals surface area contributed by atoms with Gasteiger partial charge in [-0.1, -0.05) is 20.3 Å². The summed E-state index contributed by atoms with van der Waals surface area (Å²) in [5.74, 6) is -0.898. The van der Waals surface area contributed by atoms with Gasteiger partial charge in [-0.2, -0.15) is 0 Å². The highest BCUT2D eigenvalue weighted by atomic mass is 16.4. The summed E-state index contributed by atoms with van der Waals surface area (Å²) >= 11 is 0. The molecule has 1 atom stereocenters. The monoisotopic (exact) mass is 199 g/mol. The second kappa shape index (κ2) is 6.18. The fourth-order valence-electron chi connectivity index (χ4n) is 1.04. The average molecular weight is 199 g/mol. The lowest BCUT2D eigenvalue weighted by molar-refractivity contribution is -0.131. The molecule has 0 aliphatic heterocycles. The topological polar surface area (TPSA) is 66.4 Å². The van der Waals surface area contributed by atoms with Gasteiger partial charge in [-0.15, -0.1) is 0 Å². The summed E-state index contributed by atoms with van der Waals surface area (Å²) in [5, 5.41) is 11.1. The van der Waals surface area contributed by atoms with Gasteiger partial charge in [-0.3, -0.25) is 4.79 Å². The predicted octanol–water partition coefficient (Wildman–Crippen LogP) is 1.53. The van der Waals surface area contributed by atoms with E-state index in [2.05, 4.69) is 5.32 Å². The Morgan fingerprint density at radius 2 is 2.07 bits per heavy atom. The fraction of sp³-hybridized carbons (Fsp3) is 0.600. The summed E-state index contributed by atoms with van der Waals surface area (Å²) in [6.07, 6.45) is 2.59. The number of hydrogen-bond donors (Lipinski definition) is 2.